The van der Waals surface area contributed by atoms with Gasteiger partial charge in [0.05, 0.1) is 5.56 Å². The molecule has 0 N–H and O–H groups in total. The average molecular weight is 219 g/mol. The summed E-state index contributed by atoms with van der Waals surface area (Å²) in [6.45, 7) is 5.44. The summed E-state index contributed by atoms with van der Waals surface area (Å²) in [6, 6.07) is 2.53. The molecule has 1 aromatic carbocycles. The van der Waals surface area contributed by atoms with E-state index in [9.17, 15) is 17.6 Å². The molecule has 0 heterocycles. The molecule has 15 heavy (non-hydrogen) atoms. The van der Waals surface area contributed by atoms with E-state index in [0.29, 0.717) is 12.5 Å². The van der Waals surface area contributed by atoms with E-state index in [2.05, 4.69) is 6.92 Å². The molecular formula is C11H11F4. The van der Waals surface area contributed by atoms with Crippen LogP contribution in [0, 0.1) is 12.7 Å². The molecular weight excluding hydrogens is 208 g/mol. The minimum atomic E-state index is -4.51. The first-order valence-corrected chi connectivity index (χ1v) is 4.55. The molecule has 0 aliphatic carbocycles. The van der Waals surface area contributed by atoms with E-state index in [0.717, 1.165) is 12.1 Å². The Balaban J connectivity index is 3.17. The van der Waals surface area contributed by atoms with E-state index in [1.807, 2.05) is 0 Å². The fourth-order valence-corrected chi connectivity index (χ4v) is 1.25. The van der Waals surface area contributed by atoms with Crippen LogP contribution >= 0.6 is 0 Å². The highest BCUT2D eigenvalue weighted by Gasteiger charge is 2.31. The van der Waals surface area contributed by atoms with Crippen LogP contribution in [0.15, 0.2) is 18.2 Å². The molecule has 0 aliphatic heterocycles. The average Bonchev–Trinajstić information content (AvgIpc) is 2.14. The molecule has 0 aromatic heterocycles. The van der Waals surface area contributed by atoms with Gasteiger partial charge in [0.15, 0.2) is 0 Å². The highest BCUT2D eigenvalue weighted by molar-refractivity contribution is 5.29. The summed E-state index contributed by atoms with van der Waals surface area (Å²) in [5.41, 5.74) is -0.676. The lowest BCUT2D eigenvalue weighted by molar-refractivity contribution is -0.137. The maximum atomic E-state index is 12.9. The number of rotatable bonds is 2. The second-order valence-corrected chi connectivity index (χ2v) is 3.38. The predicted octanol–water partition coefficient (Wildman–Crippen LogP) is 4.17. The van der Waals surface area contributed by atoms with Crippen LogP contribution in [0.4, 0.5) is 17.6 Å². The maximum absolute atomic E-state index is 12.9. The van der Waals surface area contributed by atoms with E-state index in [1.54, 1.807) is 6.92 Å². The van der Waals surface area contributed by atoms with Gasteiger partial charge in [-0.25, -0.2) is 4.39 Å². The second kappa shape index (κ2) is 4.21. The number of halogens is 4. The van der Waals surface area contributed by atoms with Gasteiger partial charge in [-0.05, 0) is 43.0 Å². The lowest BCUT2D eigenvalue weighted by Crippen LogP contribution is -2.07. The number of benzene rings is 1. The topological polar surface area (TPSA) is 0 Å². The first kappa shape index (κ1) is 12.0. The van der Waals surface area contributed by atoms with Crippen molar-refractivity contribution < 1.29 is 17.6 Å². The molecule has 0 spiro atoms. The van der Waals surface area contributed by atoms with Gasteiger partial charge in [0.2, 0.25) is 0 Å². The molecule has 0 aliphatic rings. The number of hydrogen-bond donors (Lipinski definition) is 0. The van der Waals surface area contributed by atoms with Crippen molar-refractivity contribution in [2.75, 3.05) is 0 Å². The van der Waals surface area contributed by atoms with Gasteiger partial charge < -0.3 is 0 Å². The van der Waals surface area contributed by atoms with Gasteiger partial charge in [-0.3, -0.25) is 0 Å². The lowest BCUT2D eigenvalue weighted by Gasteiger charge is -2.13. The normalized spacial score (nSPS) is 14.0. The van der Waals surface area contributed by atoms with Crippen LogP contribution < -0.4 is 0 Å². The summed E-state index contributed by atoms with van der Waals surface area (Å²) in [5, 5.41) is 0. The molecule has 1 atom stereocenters. The van der Waals surface area contributed by atoms with Crippen LogP contribution in [0.5, 0.6) is 0 Å². The maximum Gasteiger partial charge on any atom is 0.416 e. The zero-order valence-electron chi connectivity index (χ0n) is 8.24. The van der Waals surface area contributed by atoms with E-state index in [-0.39, 0.29) is 11.5 Å². The van der Waals surface area contributed by atoms with E-state index in [4.69, 9.17) is 0 Å². The quantitative estimate of drug-likeness (QED) is 0.655. The van der Waals surface area contributed by atoms with Gasteiger partial charge in [-0.15, -0.1) is 0 Å². The third-order valence-electron chi connectivity index (χ3n) is 2.21. The van der Waals surface area contributed by atoms with Gasteiger partial charge in [-0.2, -0.15) is 13.2 Å². The SMILES string of the molecule is [CH2]C(CC)c1cc(F)cc(C(F)(F)F)c1. The van der Waals surface area contributed by atoms with Crippen molar-refractivity contribution in [1.29, 1.82) is 0 Å². The van der Waals surface area contributed by atoms with Gasteiger partial charge in [0, 0.05) is 0 Å². The minimum Gasteiger partial charge on any atom is -0.207 e. The Morgan fingerprint density at radius 2 is 1.87 bits per heavy atom. The zero-order valence-corrected chi connectivity index (χ0v) is 8.24. The van der Waals surface area contributed by atoms with Crippen molar-refractivity contribution in [1.82, 2.24) is 0 Å². The molecule has 1 unspecified atom stereocenters. The fraction of sp³-hybridized carbons (Fsp3) is 0.364. The first-order chi connectivity index (χ1) is 6.84. The molecule has 4 heteroatoms. The monoisotopic (exact) mass is 219 g/mol. The zero-order chi connectivity index (χ0) is 11.6. The van der Waals surface area contributed by atoms with Gasteiger partial charge in [-0.1, -0.05) is 6.92 Å². The summed E-state index contributed by atoms with van der Waals surface area (Å²) in [5.74, 6) is -1.19. The van der Waals surface area contributed by atoms with Crippen molar-refractivity contribution in [2.45, 2.75) is 25.4 Å². The minimum absolute atomic E-state index is 0.282. The first-order valence-electron chi connectivity index (χ1n) is 4.55. The third kappa shape index (κ3) is 2.94. The Bertz CT molecular complexity index is 341. The largest absolute Gasteiger partial charge is 0.416 e. The molecule has 1 rings (SSSR count). The summed E-state index contributed by atoms with van der Waals surface area (Å²) in [7, 11) is 0. The van der Waals surface area contributed by atoms with Crippen molar-refractivity contribution in [3.05, 3.63) is 42.1 Å². The Morgan fingerprint density at radius 3 is 2.33 bits per heavy atom. The van der Waals surface area contributed by atoms with Gasteiger partial charge in [0.1, 0.15) is 5.82 Å². The summed E-state index contributed by atoms with van der Waals surface area (Å²) in [6.07, 6.45) is -3.94. The molecule has 1 radical (unpaired) electrons. The third-order valence-corrected chi connectivity index (χ3v) is 2.21. The van der Waals surface area contributed by atoms with Crippen LogP contribution in [-0.4, -0.2) is 0 Å². The predicted molar refractivity (Wildman–Crippen MR) is 49.8 cm³/mol. The molecule has 0 bridgehead atoms. The Hall–Kier alpha value is -1.06. The van der Waals surface area contributed by atoms with Crippen LogP contribution in [0.3, 0.4) is 0 Å². The van der Waals surface area contributed by atoms with E-state index in [1.165, 1.54) is 0 Å². The highest BCUT2D eigenvalue weighted by atomic mass is 19.4. The van der Waals surface area contributed by atoms with Crippen molar-refractivity contribution in [2.24, 2.45) is 0 Å². The van der Waals surface area contributed by atoms with Crippen LogP contribution in [0.25, 0.3) is 0 Å². The molecule has 0 saturated heterocycles. The van der Waals surface area contributed by atoms with Crippen molar-refractivity contribution >= 4 is 0 Å². The summed E-state index contributed by atoms with van der Waals surface area (Å²) >= 11 is 0. The Morgan fingerprint density at radius 1 is 1.27 bits per heavy atom. The molecule has 1 aromatic rings. The number of hydrogen-bond acceptors (Lipinski definition) is 0. The van der Waals surface area contributed by atoms with Crippen LogP contribution in [0.1, 0.15) is 30.4 Å². The van der Waals surface area contributed by atoms with Crippen molar-refractivity contribution in [3.8, 4) is 0 Å². The smallest absolute Gasteiger partial charge is 0.207 e. The standard InChI is InChI=1S/C11H11F4/c1-3-7(2)8-4-9(11(13,14)15)6-10(12)5-8/h4-7H,2-3H2,1H3. The van der Waals surface area contributed by atoms with Crippen molar-refractivity contribution in [3.63, 3.8) is 0 Å². The van der Waals surface area contributed by atoms with Crippen LogP contribution in [0.2, 0.25) is 0 Å². The molecule has 0 fully saturated rings. The van der Waals surface area contributed by atoms with Gasteiger partial charge in [0.25, 0.3) is 0 Å². The fourth-order valence-electron chi connectivity index (χ4n) is 1.25. The summed E-state index contributed by atoms with van der Waals surface area (Å²) < 4.78 is 49.9. The second-order valence-electron chi connectivity index (χ2n) is 3.38. The Labute approximate surface area is 85.9 Å². The molecule has 0 saturated carbocycles. The van der Waals surface area contributed by atoms with E-state index < -0.39 is 17.6 Å². The molecule has 83 valence electrons. The number of alkyl halides is 3. The van der Waals surface area contributed by atoms with Crippen LogP contribution in [-0.2, 0) is 6.18 Å². The van der Waals surface area contributed by atoms with Gasteiger partial charge >= 0.3 is 6.18 Å². The molecule has 0 amide bonds. The Kier molecular flexibility index (Phi) is 3.37. The summed E-state index contributed by atoms with van der Waals surface area (Å²) in [4.78, 5) is 0. The molecule has 0 nitrogen and oxygen atoms in total. The van der Waals surface area contributed by atoms with E-state index >= 15 is 0 Å². The lowest BCUT2D eigenvalue weighted by atomic mass is 9.96. The highest BCUT2D eigenvalue weighted by Crippen LogP contribution is 2.32.